The highest BCUT2D eigenvalue weighted by Gasteiger charge is 2.45. The van der Waals surface area contributed by atoms with E-state index in [4.69, 9.17) is 0 Å². The van der Waals surface area contributed by atoms with Crippen molar-refractivity contribution in [1.82, 2.24) is 5.32 Å². The Labute approximate surface area is 124 Å². The second-order valence-electron chi connectivity index (χ2n) is 5.68. The number of sulfone groups is 1. The molecule has 1 aromatic carbocycles. The Kier molecular flexibility index (Phi) is 4.66. The first-order chi connectivity index (χ1) is 9.83. The molecule has 0 bridgehead atoms. The van der Waals surface area contributed by atoms with Crippen molar-refractivity contribution in [3.8, 4) is 0 Å². The molecule has 1 aromatic rings. The second-order valence-corrected chi connectivity index (χ2v) is 7.94. The van der Waals surface area contributed by atoms with Crippen LogP contribution in [0.5, 0.6) is 0 Å². The predicted molar refractivity (Wildman–Crippen MR) is 79.3 cm³/mol. The zero-order chi connectivity index (χ0) is 15.5. The smallest absolute Gasteiger partial charge is 0.230 e. The van der Waals surface area contributed by atoms with Crippen LogP contribution >= 0.6 is 0 Å². The first-order valence-electron chi connectivity index (χ1n) is 7.06. The molecule has 0 heterocycles. The van der Waals surface area contributed by atoms with Crippen LogP contribution in [-0.2, 0) is 20.0 Å². The third kappa shape index (κ3) is 3.81. The highest BCUT2D eigenvalue weighted by Crippen LogP contribution is 2.43. The van der Waals surface area contributed by atoms with Gasteiger partial charge in [0.15, 0.2) is 0 Å². The monoisotopic (exact) mass is 313 g/mol. The quantitative estimate of drug-likeness (QED) is 0.815. The standard InChI is InChI=1S/C15H20FNO3S/c1-21(19,20)11-3-10-17-14(18)15(8-2-9-15)12-4-6-13(16)7-5-12/h4-7H,2-3,8-11H2,1H3,(H,17,18). The Morgan fingerprint density at radius 3 is 2.38 bits per heavy atom. The van der Waals surface area contributed by atoms with Gasteiger partial charge in [-0.05, 0) is 37.0 Å². The van der Waals surface area contributed by atoms with Crippen molar-refractivity contribution < 1.29 is 17.6 Å². The molecule has 21 heavy (non-hydrogen) atoms. The van der Waals surface area contributed by atoms with Crippen LogP contribution in [0.25, 0.3) is 0 Å². The highest BCUT2D eigenvalue weighted by molar-refractivity contribution is 7.90. The van der Waals surface area contributed by atoms with E-state index in [1.807, 2.05) is 0 Å². The summed E-state index contributed by atoms with van der Waals surface area (Å²) in [6, 6.07) is 6.05. The molecule has 1 fully saturated rings. The van der Waals surface area contributed by atoms with Crippen LogP contribution in [0.15, 0.2) is 24.3 Å². The number of carbonyl (C=O) groups is 1. The lowest BCUT2D eigenvalue weighted by Crippen LogP contribution is -2.49. The molecule has 0 spiro atoms. The van der Waals surface area contributed by atoms with Crippen molar-refractivity contribution in [2.75, 3.05) is 18.6 Å². The summed E-state index contributed by atoms with van der Waals surface area (Å²) >= 11 is 0. The lowest BCUT2D eigenvalue weighted by molar-refractivity contribution is -0.129. The number of benzene rings is 1. The molecule has 0 radical (unpaired) electrons. The molecular weight excluding hydrogens is 293 g/mol. The molecule has 4 nitrogen and oxygen atoms in total. The van der Waals surface area contributed by atoms with Crippen molar-refractivity contribution in [2.45, 2.75) is 31.1 Å². The van der Waals surface area contributed by atoms with Gasteiger partial charge in [0.2, 0.25) is 5.91 Å². The van der Waals surface area contributed by atoms with Crippen LogP contribution in [0.4, 0.5) is 4.39 Å². The number of rotatable bonds is 6. The number of amides is 1. The number of halogens is 1. The van der Waals surface area contributed by atoms with E-state index >= 15 is 0 Å². The largest absolute Gasteiger partial charge is 0.355 e. The zero-order valence-corrected chi connectivity index (χ0v) is 12.9. The van der Waals surface area contributed by atoms with Gasteiger partial charge in [-0.25, -0.2) is 12.8 Å². The molecule has 0 saturated heterocycles. The summed E-state index contributed by atoms with van der Waals surface area (Å²) in [7, 11) is -3.00. The maximum atomic E-state index is 13.0. The Hall–Kier alpha value is -1.43. The Balaban J connectivity index is 1.97. The molecule has 1 aliphatic rings. The van der Waals surface area contributed by atoms with Gasteiger partial charge in [0.25, 0.3) is 0 Å². The van der Waals surface area contributed by atoms with Gasteiger partial charge in [-0.3, -0.25) is 4.79 Å². The van der Waals surface area contributed by atoms with Crippen LogP contribution in [0.2, 0.25) is 0 Å². The summed E-state index contributed by atoms with van der Waals surface area (Å²) < 4.78 is 35.1. The fourth-order valence-electron chi connectivity index (χ4n) is 2.65. The van der Waals surface area contributed by atoms with E-state index in [1.165, 1.54) is 18.4 Å². The maximum absolute atomic E-state index is 13.0. The summed E-state index contributed by atoms with van der Waals surface area (Å²) in [6.45, 7) is 0.342. The Bertz CT molecular complexity index is 606. The van der Waals surface area contributed by atoms with Crippen molar-refractivity contribution >= 4 is 15.7 Å². The van der Waals surface area contributed by atoms with Gasteiger partial charge >= 0.3 is 0 Å². The number of carbonyl (C=O) groups excluding carboxylic acids is 1. The van der Waals surface area contributed by atoms with E-state index in [0.717, 1.165) is 24.8 Å². The lowest BCUT2D eigenvalue weighted by atomic mass is 9.64. The zero-order valence-electron chi connectivity index (χ0n) is 12.1. The van der Waals surface area contributed by atoms with Gasteiger partial charge in [-0.1, -0.05) is 18.6 Å². The second kappa shape index (κ2) is 6.13. The van der Waals surface area contributed by atoms with Crippen molar-refractivity contribution in [2.24, 2.45) is 0 Å². The van der Waals surface area contributed by atoms with E-state index in [9.17, 15) is 17.6 Å². The summed E-state index contributed by atoms with van der Waals surface area (Å²) in [4.78, 5) is 12.4. The molecule has 1 aliphatic carbocycles. The average molecular weight is 313 g/mol. The Morgan fingerprint density at radius 1 is 1.29 bits per heavy atom. The van der Waals surface area contributed by atoms with E-state index in [0.29, 0.717) is 13.0 Å². The summed E-state index contributed by atoms with van der Waals surface area (Å²) in [5.74, 6) is -0.341. The van der Waals surface area contributed by atoms with Gasteiger partial charge in [0.05, 0.1) is 11.2 Å². The molecule has 0 unspecified atom stereocenters. The first kappa shape index (κ1) is 15.9. The third-order valence-corrected chi connectivity index (χ3v) is 5.05. The van der Waals surface area contributed by atoms with Crippen LogP contribution in [0, 0.1) is 5.82 Å². The molecule has 1 amide bonds. The van der Waals surface area contributed by atoms with Gasteiger partial charge < -0.3 is 5.32 Å². The number of nitrogens with one attached hydrogen (secondary N) is 1. The van der Waals surface area contributed by atoms with E-state index in [2.05, 4.69) is 5.32 Å². The van der Waals surface area contributed by atoms with E-state index in [1.54, 1.807) is 12.1 Å². The van der Waals surface area contributed by atoms with Crippen LogP contribution < -0.4 is 5.32 Å². The summed E-state index contributed by atoms with van der Waals surface area (Å²) in [6.07, 6.45) is 4.05. The lowest BCUT2D eigenvalue weighted by Gasteiger charge is -2.40. The van der Waals surface area contributed by atoms with E-state index < -0.39 is 15.3 Å². The molecule has 1 saturated carbocycles. The summed E-state index contributed by atoms with van der Waals surface area (Å²) in [5, 5.41) is 2.81. The fourth-order valence-corrected chi connectivity index (χ4v) is 3.32. The van der Waals surface area contributed by atoms with Crippen molar-refractivity contribution in [3.63, 3.8) is 0 Å². The van der Waals surface area contributed by atoms with Gasteiger partial charge in [0.1, 0.15) is 15.7 Å². The number of hydrogen-bond donors (Lipinski definition) is 1. The highest BCUT2D eigenvalue weighted by atomic mass is 32.2. The van der Waals surface area contributed by atoms with Crippen LogP contribution in [-0.4, -0.2) is 32.9 Å². The van der Waals surface area contributed by atoms with E-state index in [-0.39, 0.29) is 17.5 Å². The SMILES string of the molecule is CS(=O)(=O)CCCNC(=O)C1(c2ccc(F)cc2)CCC1. The molecule has 6 heteroatoms. The molecule has 2 rings (SSSR count). The van der Waals surface area contributed by atoms with Gasteiger partial charge in [-0.15, -0.1) is 0 Å². The third-order valence-electron chi connectivity index (χ3n) is 4.02. The van der Waals surface area contributed by atoms with Gasteiger partial charge in [0, 0.05) is 12.8 Å². The normalized spacial score (nSPS) is 17.0. The van der Waals surface area contributed by atoms with Gasteiger partial charge in [-0.2, -0.15) is 0 Å². The molecule has 1 N–H and O–H groups in total. The first-order valence-corrected chi connectivity index (χ1v) is 9.12. The molecule has 0 aliphatic heterocycles. The molecule has 116 valence electrons. The summed E-state index contributed by atoms with van der Waals surface area (Å²) in [5.41, 5.74) is 0.259. The minimum atomic E-state index is -3.00. The van der Waals surface area contributed by atoms with Crippen molar-refractivity contribution in [3.05, 3.63) is 35.6 Å². The minimum absolute atomic E-state index is 0.0663. The van der Waals surface area contributed by atoms with Crippen LogP contribution in [0.1, 0.15) is 31.2 Å². The number of hydrogen-bond acceptors (Lipinski definition) is 3. The topological polar surface area (TPSA) is 63.2 Å². The molecule has 0 aromatic heterocycles. The fraction of sp³-hybridized carbons (Fsp3) is 0.533. The average Bonchev–Trinajstić information content (AvgIpc) is 2.34. The van der Waals surface area contributed by atoms with Crippen LogP contribution in [0.3, 0.4) is 0 Å². The minimum Gasteiger partial charge on any atom is -0.355 e. The molecular formula is C15H20FNO3S. The van der Waals surface area contributed by atoms with Crippen molar-refractivity contribution in [1.29, 1.82) is 0 Å². The molecule has 0 atom stereocenters. The Morgan fingerprint density at radius 2 is 1.90 bits per heavy atom. The predicted octanol–water partition coefficient (Wildman–Crippen LogP) is 1.80. The maximum Gasteiger partial charge on any atom is 0.230 e.